The van der Waals surface area contributed by atoms with Crippen molar-refractivity contribution in [2.75, 3.05) is 70.8 Å². The number of aliphatic carboxylic acids is 2. The Kier molecular flexibility index (Phi) is 20.2. The Labute approximate surface area is 374 Å². The first kappa shape index (κ1) is 48.6. The van der Waals surface area contributed by atoms with Gasteiger partial charge in [0, 0.05) is 83.5 Å². The lowest BCUT2D eigenvalue weighted by Gasteiger charge is -2.38. The number of carbonyl (C=O) groups excluding carboxylic acids is 3. The van der Waals surface area contributed by atoms with Crippen LogP contribution in [0.1, 0.15) is 56.1 Å². The Hall–Kier alpha value is -5.44. The van der Waals surface area contributed by atoms with Crippen LogP contribution >= 0.6 is 12.2 Å². The molecule has 342 valence electrons. The zero-order chi connectivity index (χ0) is 44.8. The Balaban J connectivity index is 1.00. The van der Waals surface area contributed by atoms with Crippen LogP contribution in [0, 0.1) is 0 Å². The van der Waals surface area contributed by atoms with Gasteiger partial charge in [0.05, 0.1) is 0 Å². The molecule has 2 saturated heterocycles. The molecule has 4 amide bonds. The summed E-state index contributed by atoms with van der Waals surface area (Å²) in [7, 11) is 0. The minimum Gasteiger partial charge on any atom is -0.480 e. The van der Waals surface area contributed by atoms with Gasteiger partial charge < -0.3 is 52.7 Å². The average Bonchev–Trinajstić information content (AvgIpc) is 3.24. The molecule has 3 aromatic carbocycles. The highest BCUT2D eigenvalue weighted by atomic mass is 32.1. The molecule has 3 aromatic rings. The summed E-state index contributed by atoms with van der Waals surface area (Å²) >= 11 is 5.54. The fourth-order valence-corrected chi connectivity index (χ4v) is 7.72. The van der Waals surface area contributed by atoms with Crippen LogP contribution in [0.4, 0.5) is 10.5 Å². The van der Waals surface area contributed by atoms with Crippen LogP contribution < -0.4 is 48.1 Å². The van der Waals surface area contributed by atoms with Crippen molar-refractivity contribution >= 4 is 63.6 Å². The van der Waals surface area contributed by atoms with Crippen LogP contribution in [-0.4, -0.2) is 139 Å². The molecule has 0 aromatic heterocycles. The topological polar surface area (TPSA) is 241 Å². The Morgan fingerprint density at radius 2 is 1.46 bits per heavy atom. The maximum Gasteiger partial charge on any atom is 0.326 e. The number of thiocarbonyl (C=S) groups is 1. The van der Waals surface area contributed by atoms with Gasteiger partial charge in [-0.3, -0.25) is 14.4 Å². The Morgan fingerprint density at radius 3 is 2.24 bits per heavy atom. The molecule has 63 heavy (non-hydrogen) atoms. The van der Waals surface area contributed by atoms with Crippen LogP contribution in [0.3, 0.4) is 0 Å². The average molecular weight is 890 g/mol. The van der Waals surface area contributed by atoms with Gasteiger partial charge in [0.25, 0.3) is 0 Å². The quantitative estimate of drug-likeness (QED) is 0.0509. The molecule has 2 heterocycles. The molecular formula is C44H63N11O7S. The van der Waals surface area contributed by atoms with Crippen molar-refractivity contribution < 1.29 is 34.2 Å². The summed E-state index contributed by atoms with van der Waals surface area (Å²) in [5.74, 6) is -3.10. The number of fused-ring (bicyclic) bond motifs is 3. The molecule has 5 atom stereocenters. The fraction of sp³-hybridized carbons (Fsp3) is 0.500. The number of urea groups is 1. The lowest BCUT2D eigenvalue weighted by Crippen LogP contribution is -2.62. The van der Waals surface area contributed by atoms with Gasteiger partial charge in [0.2, 0.25) is 11.8 Å². The number of hydrogen-bond acceptors (Lipinski definition) is 11. The third kappa shape index (κ3) is 18.1. The van der Waals surface area contributed by atoms with Crippen LogP contribution in [0.15, 0.2) is 66.7 Å². The first-order valence-corrected chi connectivity index (χ1v) is 22.3. The predicted octanol–water partition coefficient (Wildman–Crippen LogP) is 1.68. The lowest BCUT2D eigenvalue weighted by atomic mass is 10.0. The summed E-state index contributed by atoms with van der Waals surface area (Å²) in [4.78, 5) is 60.7. The van der Waals surface area contributed by atoms with Crippen LogP contribution in [-0.2, 0) is 32.0 Å². The van der Waals surface area contributed by atoms with Crippen molar-refractivity contribution in [3.05, 3.63) is 77.9 Å². The number of benzene rings is 3. The van der Waals surface area contributed by atoms with Crippen LogP contribution in [0.5, 0.6) is 0 Å². The highest BCUT2D eigenvalue weighted by Crippen LogP contribution is 2.17. The first-order valence-electron chi connectivity index (χ1n) is 21.9. The second-order valence-electron chi connectivity index (χ2n) is 15.9. The zero-order valence-corrected chi connectivity index (χ0v) is 36.6. The number of nitrogens with zero attached hydrogens (tertiary/aromatic N) is 2. The van der Waals surface area contributed by atoms with E-state index in [1.807, 2.05) is 54.6 Å². The van der Waals surface area contributed by atoms with E-state index in [2.05, 4.69) is 70.2 Å². The molecule has 2 aliphatic heterocycles. The lowest BCUT2D eigenvalue weighted by molar-refractivity contribution is -0.139. The van der Waals surface area contributed by atoms with E-state index < -0.39 is 36.6 Å². The first-order chi connectivity index (χ1) is 30.5. The second-order valence-corrected chi connectivity index (χ2v) is 16.3. The highest BCUT2D eigenvalue weighted by Gasteiger charge is 2.24. The van der Waals surface area contributed by atoms with Gasteiger partial charge in [0.1, 0.15) is 18.6 Å². The molecule has 11 N–H and O–H groups in total. The normalized spacial score (nSPS) is 18.5. The molecule has 0 saturated carbocycles. The Morgan fingerprint density at radius 1 is 0.746 bits per heavy atom. The number of hydrogen-bond donors (Lipinski definition) is 11. The summed E-state index contributed by atoms with van der Waals surface area (Å²) in [6, 6.07) is 19.6. The summed E-state index contributed by atoms with van der Waals surface area (Å²) in [6.07, 6.45) is 4.51. The summed E-state index contributed by atoms with van der Waals surface area (Å²) in [5, 5.41) is 49.2. The van der Waals surface area contributed by atoms with Crippen molar-refractivity contribution in [2.45, 2.75) is 75.9 Å². The van der Waals surface area contributed by atoms with Crippen LogP contribution in [0.2, 0.25) is 0 Å². The third-order valence-corrected chi connectivity index (χ3v) is 11.1. The summed E-state index contributed by atoms with van der Waals surface area (Å²) in [6.45, 7) is 6.90. The smallest absolute Gasteiger partial charge is 0.326 e. The maximum atomic E-state index is 13.4. The molecule has 2 fully saturated rings. The van der Waals surface area contributed by atoms with Crippen molar-refractivity contribution in [3.8, 4) is 0 Å². The highest BCUT2D eigenvalue weighted by molar-refractivity contribution is 7.80. The second kappa shape index (κ2) is 26.2. The number of amides is 4. The number of hydrazine groups is 2. The predicted molar refractivity (Wildman–Crippen MR) is 246 cm³/mol. The Bertz CT molecular complexity index is 1970. The number of rotatable bonds is 22. The van der Waals surface area contributed by atoms with E-state index in [-0.39, 0.29) is 37.6 Å². The van der Waals surface area contributed by atoms with Gasteiger partial charge in [-0.15, -0.1) is 0 Å². The molecule has 5 rings (SSSR count). The van der Waals surface area contributed by atoms with E-state index >= 15 is 0 Å². The number of carbonyl (C=O) groups is 5. The molecule has 0 spiro atoms. The third-order valence-electron chi connectivity index (χ3n) is 10.8. The van der Waals surface area contributed by atoms with Gasteiger partial charge in [-0.1, -0.05) is 61.0 Å². The van der Waals surface area contributed by atoms with Crippen molar-refractivity contribution in [2.24, 2.45) is 0 Å². The fourth-order valence-electron chi connectivity index (χ4n) is 7.50. The molecular weight excluding hydrogens is 827 g/mol. The monoisotopic (exact) mass is 889 g/mol. The number of nitrogens with one attached hydrogen (secondary N) is 9. The summed E-state index contributed by atoms with van der Waals surface area (Å²) < 4.78 is 0. The molecule has 19 heteroatoms. The molecule has 18 nitrogen and oxygen atoms in total. The van der Waals surface area contributed by atoms with Gasteiger partial charge in [-0.05, 0) is 84.8 Å². The minimum atomic E-state index is -1.26. The number of unbranched alkanes of at least 4 members (excludes halogenated alkanes) is 3. The molecule has 2 aliphatic rings. The molecule has 5 unspecified atom stereocenters. The van der Waals surface area contributed by atoms with Crippen molar-refractivity contribution in [1.29, 1.82) is 0 Å². The number of carboxylic acid groups (broad SMARTS) is 2. The van der Waals surface area contributed by atoms with E-state index in [0.717, 1.165) is 87.1 Å². The van der Waals surface area contributed by atoms with E-state index in [1.165, 1.54) is 5.56 Å². The molecule has 0 aliphatic carbocycles. The SMILES string of the molecule is O=C(O)CNC(=O)NC(CCCCNC(=O)C(Cc1ccc2ccccc2c1)NC(=O)CCCCCNC(=S)Nc1ccc(CC2CN3CCNCCN(CCN2)N3)cc1)C(=O)O. The largest absolute Gasteiger partial charge is 0.480 e. The minimum absolute atomic E-state index is 0.0723. The van der Waals surface area contributed by atoms with Gasteiger partial charge in [-0.25, -0.2) is 19.6 Å². The van der Waals surface area contributed by atoms with E-state index in [9.17, 15) is 29.1 Å². The van der Waals surface area contributed by atoms with E-state index in [1.54, 1.807) is 0 Å². The molecule has 0 radical (unpaired) electrons. The number of anilines is 1. The van der Waals surface area contributed by atoms with Crippen molar-refractivity contribution in [1.82, 2.24) is 52.8 Å². The van der Waals surface area contributed by atoms with Gasteiger partial charge in [-0.2, -0.15) is 5.53 Å². The van der Waals surface area contributed by atoms with E-state index in [4.69, 9.17) is 17.3 Å². The van der Waals surface area contributed by atoms with Gasteiger partial charge in [0.15, 0.2) is 5.11 Å². The zero-order valence-electron chi connectivity index (χ0n) is 35.8. The molecule has 2 bridgehead atoms. The summed E-state index contributed by atoms with van der Waals surface area (Å²) in [5.41, 5.74) is 6.63. The van der Waals surface area contributed by atoms with E-state index in [0.29, 0.717) is 37.0 Å². The van der Waals surface area contributed by atoms with Gasteiger partial charge >= 0.3 is 18.0 Å². The van der Waals surface area contributed by atoms with Crippen molar-refractivity contribution in [3.63, 3.8) is 0 Å². The van der Waals surface area contributed by atoms with Crippen LogP contribution in [0.25, 0.3) is 10.8 Å². The standard InChI is InChI=1S/C44H63N11O7S/c56-39(11-2-1-6-19-48-44(63)50-35-16-13-31(14-17-35)27-36-30-55-24-21-45-20-23-54(53-55)25-22-46-36)51-38(28-32-12-15-33-8-3-4-9-34(33)26-32)41(59)47-18-7-5-10-37(42(60)61)52-43(62)49-29-40(57)58/h3-4,8-9,12-17,26,36-38,45-46,53H,1-2,5-7,10-11,18-25,27-30H2,(H,47,59)(H,51,56)(H,57,58)(H,60,61)(H2,48,50,63)(H2,49,52,62). The number of carboxylic acids is 2. The maximum absolute atomic E-state index is 13.4.